The van der Waals surface area contributed by atoms with Crippen molar-refractivity contribution in [2.45, 2.75) is 45.7 Å². The highest BCUT2D eigenvalue weighted by Crippen LogP contribution is 2.24. The molecule has 3 N–H and O–H groups in total. The van der Waals surface area contributed by atoms with E-state index in [0.717, 1.165) is 18.4 Å². The van der Waals surface area contributed by atoms with Crippen molar-refractivity contribution in [2.24, 2.45) is 0 Å². The maximum absolute atomic E-state index is 13.0. The summed E-state index contributed by atoms with van der Waals surface area (Å²) in [4.78, 5) is 29.0. The van der Waals surface area contributed by atoms with Gasteiger partial charge >= 0.3 is 0 Å². The Bertz CT molecular complexity index is 821. The topological polar surface area (TPSA) is 75.4 Å². The van der Waals surface area contributed by atoms with Crippen molar-refractivity contribution < 1.29 is 9.59 Å². The van der Waals surface area contributed by atoms with Crippen LogP contribution in [0.2, 0.25) is 0 Å². The normalized spacial score (nSPS) is 14.1. The smallest absolute Gasteiger partial charge is 0.252 e. The van der Waals surface area contributed by atoms with Gasteiger partial charge in [0.2, 0.25) is 5.91 Å². The molecular weight excluding hydrogens is 382 g/mol. The number of hydrogen-bond donors (Lipinski definition) is 2. The number of nitrogens with zero attached hydrogens (tertiary/aromatic N) is 1. The second-order valence-corrected chi connectivity index (χ2v) is 7.77. The monoisotopic (exact) mass is 407 g/mol. The highest BCUT2D eigenvalue weighted by atomic mass is 35.5. The van der Waals surface area contributed by atoms with Crippen molar-refractivity contribution in [1.82, 2.24) is 10.2 Å². The number of nitrogens with one attached hydrogen (secondary N) is 1. The molecule has 1 unspecified atom stereocenters. The molecule has 1 aromatic heterocycles. The zero-order chi connectivity index (χ0) is 18.7. The molecule has 27 heavy (non-hydrogen) atoms. The fourth-order valence-corrected chi connectivity index (χ4v) is 4.21. The van der Waals surface area contributed by atoms with E-state index in [1.807, 2.05) is 24.8 Å². The molecule has 5 nitrogen and oxygen atoms in total. The van der Waals surface area contributed by atoms with Crippen LogP contribution in [0.5, 0.6) is 0 Å². The van der Waals surface area contributed by atoms with Crippen LogP contribution in [-0.2, 0) is 17.8 Å². The van der Waals surface area contributed by atoms with Gasteiger partial charge in [-0.25, -0.2) is 0 Å². The van der Waals surface area contributed by atoms with Crippen molar-refractivity contribution in [2.75, 3.05) is 12.3 Å². The van der Waals surface area contributed by atoms with Gasteiger partial charge in [0.15, 0.2) is 0 Å². The second-order valence-electron chi connectivity index (χ2n) is 6.77. The molecule has 1 atom stereocenters. The number of nitrogen functional groups attached to an aromatic ring is 1. The van der Waals surface area contributed by atoms with E-state index in [2.05, 4.69) is 16.8 Å². The minimum Gasteiger partial charge on any atom is -0.399 e. The Morgan fingerprint density at radius 1 is 1.33 bits per heavy atom. The van der Waals surface area contributed by atoms with Crippen molar-refractivity contribution in [1.29, 1.82) is 0 Å². The molecule has 2 heterocycles. The number of halogens is 1. The minimum absolute atomic E-state index is 0. The third-order valence-corrected chi connectivity index (χ3v) is 5.83. The van der Waals surface area contributed by atoms with E-state index in [9.17, 15) is 9.59 Å². The van der Waals surface area contributed by atoms with Crippen molar-refractivity contribution in [3.05, 3.63) is 51.2 Å². The van der Waals surface area contributed by atoms with E-state index in [1.165, 1.54) is 10.4 Å². The number of carbonyl (C=O) groups excluding carboxylic acids is 2. The van der Waals surface area contributed by atoms with E-state index < -0.39 is 6.04 Å². The van der Waals surface area contributed by atoms with E-state index >= 15 is 0 Å². The van der Waals surface area contributed by atoms with Crippen molar-refractivity contribution in [3.63, 3.8) is 0 Å². The van der Waals surface area contributed by atoms with Crippen LogP contribution < -0.4 is 11.1 Å². The van der Waals surface area contributed by atoms with Gasteiger partial charge in [0, 0.05) is 29.2 Å². The van der Waals surface area contributed by atoms with Gasteiger partial charge in [-0.15, -0.1) is 23.7 Å². The summed E-state index contributed by atoms with van der Waals surface area (Å²) in [6, 6.07) is 6.84. The quantitative estimate of drug-likeness (QED) is 0.744. The Labute approximate surface area is 170 Å². The molecule has 7 heteroatoms. The molecule has 0 fully saturated rings. The van der Waals surface area contributed by atoms with Crippen molar-refractivity contribution >= 4 is 41.2 Å². The lowest BCUT2D eigenvalue weighted by atomic mass is 10.0. The number of aryl methyl sites for hydroxylation is 1. The molecule has 3 rings (SSSR count). The number of hydrogen-bond acceptors (Lipinski definition) is 4. The van der Waals surface area contributed by atoms with Gasteiger partial charge in [-0.1, -0.05) is 19.4 Å². The first-order valence-corrected chi connectivity index (χ1v) is 9.88. The van der Waals surface area contributed by atoms with E-state index in [4.69, 9.17) is 5.73 Å². The highest BCUT2D eigenvalue weighted by molar-refractivity contribution is 7.10. The number of carbonyl (C=O) groups is 2. The Morgan fingerprint density at radius 2 is 2.11 bits per heavy atom. The van der Waals surface area contributed by atoms with Gasteiger partial charge < -0.3 is 16.0 Å². The molecule has 0 radical (unpaired) electrons. The maximum Gasteiger partial charge on any atom is 0.252 e. The number of benzene rings is 1. The predicted octanol–water partition coefficient (Wildman–Crippen LogP) is 3.54. The Balaban J connectivity index is 0.00000261. The molecule has 2 amide bonds. The number of thiophene rings is 1. The van der Waals surface area contributed by atoms with Gasteiger partial charge in [-0.3, -0.25) is 9.59 Å². The number of rotatable bonds is 5. The van der Waals surface area contributed by atoms with Gasteiger partial charge in [-0.2, -0.15) is 0 Å². The van der Waals surface area contributed by atoms with Crippen LogP contribution in [-0.4, -0.2) is 29.3 Å². The van der Waals surface area contributed by atoms with Gasteiger partial charge in [0.1, 0.15) is 6.04 Å². The number of anilines is 1. The SMILES string of the molecule is CCCC(NC(=O)c1cc(N)ccc1C)C(=O)N1CCc2sccc2C1.Cl. The molecule has 0 saturated carbocycles. The van der Waals surface area contributed by atoms with Gasteiger partial charge in [0.05, 0.1) is 0 Å². The van der Waals surface area contributed by atoms with Crippen LogP contribution in [0, 0.1) is 6.92 Å². The summed E-state index contributed by atoms with van der Waals surface area (Å²) >= 11 is 1.75. The zero-order valence-corrected chi connectivity index (χ0v) is 17.3. The Hall–Kier alpha value is -2.05. The summed E-state index contributed by atoms with van der Waals surface area (Å²) < 4.78 is 0. The molecule has 2 aromatic rings. The first kappa shape index (κ1) is 21.3. The molecular formula is C20H26ClN3O2S. The molecule has 0 bridgehead atoms. The first-order valence-electron chi connectivity index (χ1n) is 9.00. The average molecular weight is 408 g/mol. The summed E-state index contributed by atoms with van der Waals surface area (Å²) in [7, 11) is 0. The number of fused-ring (bicyclic) bond motifs is 1. The molecule has 0 aliphatic carbocycles. The first-order chi connectivity index (χ1) is 12.5. The van der Waals surface area contributed by atoms with Crippen LogP contribution in [0.15, 0.2) is 29.6 Å². The molecule has 146 valence electrons. The molecule has 1 aliphatic heterocycles. The Morgan fingerprint density at radius 3 is 2.85 bits per heavy atom. The third kappa shape index (κ3) is 4.82. The summed E-state index contributed by atoms with van der Waals surface area (Å²) in [5.74, 6) is -0.242. The number of nitrogens with two attached hydrogens (primary N) is 1. The zero-order valence-electron chi connectivity index (χ0n) is 15.7. The summed E-state index contributed by atoms with van der Waals surface area (Å²) in [5, 5.41) is 5.01. The number of amides is 2. The maximum atomic E-state index is 13.0. The lowest BCUT2D eigenvalue weighted by Gasteiger charge is -2.31. The molecule has 1 aromatic carbocycles. The summed E-state index contributed by atoms with van der Waals surface area (Å²) in [6.07, 6.45) is 2.34. The van der Waals surface area contributed by atoms with Crippen LogP contribution >= 0.6 is 23.7 Å². The van der Waals surface area contributed by atoms with Crippen LogP contribution in [0.3, 0.4) is 0 Å². The molecule has 1 aliphatic rings. The van der Waals surface area contributed by atoms with Crippen LogP contribution in [0.1, 0.15) is 46.1 Å². The highest BCUT2D eigenvalue weighted by Gasteiger charge is 2.28. The average Bonchev–Trinajstić information content (AvgIpc) is 3.10. The lowest BCUT2D eigenvalue weighted by molar-refractivity contribution is -0.134. The second kappa shape index (κ2) is 9.24. The fourth-order valence-electron chi connectivity index (χ4n) is 3.32. The predicted molar refractivity (Wildman–Crippen MR) is 112 cm³/mol. The molecule has 0 spiro atoms. The van der Waals surface area contributed by atoms with Crippen molar-refractivity contribution in [3.8, 4) is 0 Å². The standard InChI is InChI=1S/C20H25N3O2S.ClH/c1-3-4-17(22-19(24)16-11-15(21)6-5-13(16)2)20(25)23-9-7-18-14(12-23)8-10-26-18;/h5-6,8,10-11,17H,3-4,7,9,12,21H2,1-2H3,(H,22,24);1H. The van der Waals surface area contributed by atoms with E-state index in [1.54, 1.807) is 23.5 Å². The van der Waals surface area contributed by atoms with Crippen LogP contribution in [0.25, 0.3) is 0 Å². The summed E-state index contributed by atoms with van der Waals surface area (Å²) in [5.41, 5.74) is 8.95. The third-order valence-electron chi connectivity index (χ3n) is 4.81. The van der Waals surface area contributed by atoms with Gasteiger partial charge in [-0.05, 0) is 54.5 Å². The van der Waals surface area contributed by atoms with E-state index in [0.29, 0.717) is 30.8 Å². The Kier molecular flexibility index (Phi) is 7.27. The van der Waals surface area contributed by atoms with Gasteiger partial charge in [0.25, 0.3) is 5.91 Å². The van der Waals surface area contributed by atoms with E-state index in [-0.39, 0.29) is 24.2 Å². The fraction of sp³-hybridized carbons (Fsp3) is 0.400. The lowest BCUT2D eigenvalue weighted by Crippen LogP contribution is -2.49. The molecule has 0 saturated heterocycles. The minimum atomic E-state index is -0.506. The largest absolute Gasteiger partial charge is 0.399 e. The summed E-state index contributed by atoms with van der Waals surface area (Å²) in [6.45, 7) is 5.23. The van der Waals surface area contributed by atoms with Crippen LogP contribution in [0.4, 0.5) is 5.69 Å².